The van der Waals surface area contributed by atoms with Gasteiger partial charge in [0.1, 0.15) is 0 Å². The number of hydrogen-bond acceptors (Lipinski definition) is 4. The van der Waals surface area contributed by atoms with E-state index < -0.39 is 15.9 Å². The Morgan fingerprint density at radius 3 is 2.52 bits per heavy atom. The molecule has 134 valence electrons. The number of anilines is 1. The zero-order valence-corrected chi connectivity index (χ0v) is 15.5. The number of halogens is 2. The van der Waals surface area contributed by atoms with Crippen LogP contribution in [-0.2, 0) is 10.0 Å². The lowest BCUT2D eigenvalue weighted by molar-refractivity contribution is 0.0991. The van der Waals surface area contributed by atoms with Crippen LogP contribution in [0, 0.1) is 0 Å². The standard InChI is InChI=1S/C16H16Cl2N2O4S/c17-11-4-5-12(18)13(10-11)19-16(21)14-6-7-15(24-14)25(22,23)20-8-2-1-3-9-20/h4-7,10H,1-3,8-9H2,(H,19,21). The molecule has 0 radical (unpaired) electrons. The molecule has 0 bridgehead atoms. The molecule has 1 amide bonds. The topological polar surface area (TPSA) is 79.6 Å². The highest BCUT2D eigenvalue weighted by Gasteiger charge is 2.29. The largest absolute Gasteiger partial charge is 0.438 e. The number of nitrogens with zero attached hydrogens (tertiary/aromatic N) is 1. The molecule has 0 atom stereocenters. The van der Waals surface area contributed by atoms with E-state index in [0.717, 1.165) is 19.3 Å². The SMILES string of the molecule is O=C(Nc1cc(Cl)ccc1Cl)c1ccc(S(=O)(=O)N2CCCCC2)o1. The number of hydrogen-bond donors (Lipinski definition) is 1. The van der Waals surface area contributed by atoms with Crippen LogP contribution in [0.15, 0.2) is 39.8 Å². The number of carbonyl (C=O) groups is 1. The van der Waals surface area contributed by atoms with Gasteiger partial charge in [0.05, 0.1) is 10.7 Å². The lowest BCUT2D eigenvalue weighted by Gasteiger charge is -2.24. The van der Waals surface area contributed by atoms with Gasteiger partial charge in [-0.3, -0.25) is 4.79 Å². The zero-order chi connectivity index (χ0) is 18.0. The Kier molecular flexibility index (Phi) is 5.38. The first kappa shape index (κ1) is 18.3. The van der Waals surface area contributed by atoms with Crippen molar-refractivity contribution in [3.05, 3.63) is 46.1 Å². The van der Waals surface area contributed by atoms with E-state index in [1.54, 1.807) is 12.1 Å². The van der Waals surface area contributed by atoms with Gasteiger partial charge in [-0.15, -0.1) is 0 Å². The van der Waals surface area contributed by atoms with Crippen LogP contribution in [0.3, 0.4) is 0 Å². The van der Waals surface area contributed by atoms with E-state index in [1.807, 2.05) is 0 Å². The number of carbonyl (C=O) groups excluding carboxylic acids is 1. The van der Waals surface area contributed by atoms with Crippen molar-refractivity contribution in [3.63, 3.8) is 0 Å². The fourth-order valence-corrected chi connectivity index (χ4v) is 4.36. The minimum Gasteiger partial charge on any atom is -0.438 e. The number of amides is 1. The lowest BCUT2D eigenvalue weighted by atomic mass is 10.2. The molecule has 0 aliphatic carbocycles. The summed E-state index contributed by atoms with van der Waals surface area (Å²) in [5.41, 5.74) is 0.316. The van der Waals surface area contributed by atoms with E-state index in [-0.39, 0.29) is 10.9 Å². The molecule has 9 heteroatoms. The van der Waals surface area contributed by atoms with Crippen molar-refractivity contribution in [1.29, 1.82) is 0 Å². The number of nitrogens with one attached hydrogen (secondary N) is 1. The summed E-state index contributed by atoms with van der Waals surface area (Å²) in [6, 6.07) is 7.25. The average molecular weight is 403 g/mol. The number of benzene rings is 1. The van der Waals surface area contributed by atoms with Crippen LogP contribution in [0.25, 0.3) is 0 Å². The van der Waals surface area contributed by atoms with Crippen molar-refractivity contribution in [1.82, 2.24) is 4.31 Å². The van der Waals surface area contributed by atoms with Gasteiger partial charge in [-0.1, -0.05) is 29.6 Å². The van der Waals surface area contributed by atoms with Gasteiger partial charge in [0.15, 0.2) is 5.76 Å². The maximum atomic E-state index is 12.5. The number of rotatable bonds is 4. The molecule has 1 aliphatic rings. The Balaban J connectivity index is 1.78. The van der Waals surface area contributed by atoms with Crippen LogP contribution < -0.4 is 5.32 Å². The highest BCUT2D eigenvalue weighted by atomic mass is 35.5. The first-order valence-electron chi connectivity index (χ1n) is 7.74. The zero-order valence-electron chi connectivity index (χ0n) is 13.2. The van der Waals surface area contributed by atoms with Gasteiger partial charge in [0, 0.05) is 18.1 Å². The van der Waals surface area contributed by atoms with Crippen molar-refractivity contribution in [3.8, 4) is 0 Å². The smallest absolute Gasteiger partial charge is 0.291 e. The molecule has 1 fully saturated rings. The van der Waals surface area contributed by atoms with Crippen LogP contribution in [0.2, 0.25) is 10.0 Å². The first-order chi connectivity index (χ1) is 11.9. The van der Waals surface area contributed by atoms with Crippen LogP contribution in [0.4, 0.5) is 5.69 Å². The lowest BCUT2D eigenvalue weighted by Crippen LogP contribution is -2.35. The molecule has 25 heavy (non-hydrogen) atoms. The van der Waals surface area contributed by atoms with Crippen LogP contribution >= 0.6 is 23.2 Å². The van der Waals surface area contributed by atoms with Gasteiger partial charge in [0.25, 0.3) is 15.9 Å². The van der Waals surface area contributed by atoms with Crippen molar-refractivity contribution in [2.75, 3.05) is 18.4 Å². The quantitative estimate of drug-likeness (QED) is 0.837. The normalized spacial score (nSPS) is 15.9. The van der Waals surface area contributed by atoms with Crippen molar-refractivity contribution in [2.24, 2.45) is 0 Å². The summed E-state index contributed by atoms with van der Waals surface area (Å²) >= 11 is 11.9. The summed E-state index contributed by atoms with van der Waals surface area (Å²) < 4.78 is 31.8. The molecule has 6 nitrogen and oxygen atoms in total. The summed E-state index contributed by atoms with van der Waals surface area (Å²) in [6.07, 6.45) is 2.65. The fraction of sp³-hybridized carbons (Fsp3) is 0.312. The summed E-state index contributed by atoms with van der Waals surface area (Å²) in [6.45, 7) is 0.922. The molecule has 1 saturated heterocycles. The molecular formula is C16H16Cl2N2O4S. The summed E-state index contributed by atoms with van der Waals surface area (Å²) in [5.74, 6) is -0.726. The summed E-state index contributed by atoms with van der Waals surface area (Å²) in [5, 5.41) is 3.04. The van der Waals surface area contributed by atoms with E-state index >= 15 is 0 Å². The van der Waals surface area contributed by atoms with Crippen molar-refractivity contribution >= 4 is 44.8 Å². The van der Waals surface area contributed by atoms with Gasteiger partial charge >= 0.3 is 0 Å². The van der Waals surface area contributed by atoms with E-state index in [1.165, 1.54) is 22.5 Å². The molecule has 3 rings (SSSR count). The third-order valence-electron chi connectivity index (χ3n) is 3.89. The Hall–Kier alpha value is -1.54. The van der Waals surface area contributed by atoms with Crippen LogP contribution in [0.5, 0.6) is 0 Å². The van der Waals surface area contributed by atoms with Crippen LogP contribution in [0.1, 0.15) is 29.8 Å². The molecule has 0 unspecified atom stereocenters. The molecule has 0 spiro atoms. The van der Waals surface area contributed by atoms with Gasteiger partial charge in [-0.05, 0) is 43.2 Å². The van der Waals surface area contributed by atoms with Crippen molar-refractivity contribution in [2.45, 2.75) is 24.4 Å². The van der Waals surface area contributed by atoms with E-state index in [9.17, 15) is 13.2 Å². The Morgan fingerprint density at radius 2 is 1.80 bits per heavy atom. The fourth-order valence-electron chi connectivity index (χ4n) is 2.59. The van der Waals surface area contributed by atoms with Gasteiger partial charge in [-0.2, -0.15) is 4.31 Å². The average Bonchev–Trinajstić information content (AvgIpc) is 3.10. The Morgan fingerprint density at radius 1 is 1.08 bits per heavy atom. The molecular weight excluding hydrogens is 387 g/mol. The summed E-state index contributed by atoms with van der Waals surface area (Å²) in [4.78, 5) is 12.3. The van der Waals surface area contributed by atoms with Gasteiger partial charge in [0.2, 0.25) is 5.09 Å². The number of furan rings is 1. The second-order valence-corrected chi connectivity index (χ2v) is 8.37. The minimum absolute atomic E-state index is 0.119. The molecule has 1 aromatic heterocycles. The minimum atomic E-state index is -3.72. The molecule has 1 N–H and O–H groups in total. The Bertz CT molecular complexity index is 889. The highest BCUT2D eigenvalue weighted by Crippen LogP contribution is 2.27. The molecule has 1 aromatic carbocycles. The predicted octanol–water partition coefficient (Wildman–Crippen LogP) is 4.01. The second kappa shape index (κ2) is 7.37. The molecule has 2 aromatic rings. The third-order valence-corrected chi connectivity index (χ3v) is 6.23. The third kappa shape index (κ3) is 4.00. The monoisotopic (exact) mass is 402 g/mol. The van der Waals surface area contributed by atoms with Crippen molar-refractivity contribution < 1.29 is 17.6 Å². The molecule has 1 aliphatic heterocycles. The second-order valence-electron chi connectivity index (χ2n) is 5.66. The van der Waals surface area contributed by atoms with Crippen LogP contribution in [-0.4, -0.2) is 31.7 Å². The summed E-state index contributed by atoms with van der Waals surface area (Å²) in [7, 11) is -3.72. The molecule has 0 saturated carbocycles. The van der Waals surface area contributed by atoms with Gasteiger partial charge < -0.3 is 9.73 Å². The number of piperidine rings is 1. The highest BCUT2D eigenvalue weighted by molar-refractivity contribution is 7.89. The maximum Gasteiger partial charge on any atom is 0.291 e. The Labute approximate surface area is 155 Å². The first-order valence-corrected chi connectivity index (χ1v) is 9.94. The van der Waals surface area contributed by atoms with Gasteiger partial charge in [-0.25, -0.2) is 8.42 Å². The van der Waals surface area contributed by atoms with E-state index in [4.69, 9.17) is 27.6 Å². The van der Waals surface area contributed by atoms with E-state index in [0.29, 0.717) is 28.8 Å². The van der Waals surface area contributed by atoms with E-state index in [2.05, 4.69) is 5.32 Å². The maximum absolute atomic E-state index is 12.5. The molecule has 2 heterocycles. The predicted molar refractivity (Wildman–Crippen MR) is 95.7 cm³/mol. The number of sulfonamides is 1.